The number of rotatable bonds is 9. The average molecular weight is 597 g/mol. The summed E-state index contributed by atoms with van der Waals surface area (Å²) in [6.45, 7) is 8.64. The number of carbonyl (C=O) groups is 2. The van der Waals surface area contributed by atoms with E-state index in [1.165, 1.54) is 6.07 Å². The molecule has 0 aliphatic carbocycles. The first-order valence-electron chi connectivity index (χ1n) is 14.8. The second-order valence-electron chi connectivity index (χ2n) is 11.4. The van der Waals surface area contributed by atoms with Crippen molar-refractivity contribution in [3.63, 3.8) is 0 Å². The minimum absolute atomic E-state index is 0.0912. The summed E-state index contributed by atoms with van der Waals surface area (Å²) >= 11 is 0. The van der Waals surface area contributed by atoms with E-state index in [1.54, 1.807) is 53.8 Å². The number of hydrogen-bond acceptors (Lipinski definition) is 7. The number of nitrogens with zero attached hydrogens (tertiary/aromatic N) is 5. The van der Waals surface area contributed by atoms with Crippen LogP contribution in [0.2, 0.25) is 0 Å². The maximum Gasteiger partial charge on any atom is 0.244 e. The number of halogens is 1. The van der Waals surface area contributed by atoms with Crippen molar-refractivity contribution in [3.8, 4) is 22.9 Å². The number of hydrogen-bond donors (Lipinski definition) is 1. The van der Waals surface area contributed by atoms with Crippen LogP contribution in [0.4, 0.5) is 4.39 Å². The van der Waals surface area contributed by atoms with Crippen LogP contribution >= 0.6 is 0 Å². The molecule has 0 unspecified atom stereocenters. The summed E-state index contributed by atoms with van der Waals surface area (Å²) in [7, 11) is 0. The van der Waals surface area contributed by atoms with Crippen molar-refractivity contribution in [2.45, 2.75) is 52.9 Å². The summed E-state index contributed by atoms with van der Waals surface area (Å²) in [6, 6.07) is 16.7. The van der Waals surface area contributed by atoms with Crippen LogP contribution in [0.25, 0.3) is 11.4 Å². The zero-order chi connectivity index (χ0) is 31.2. The first-order valence-corrected chi connectivity index (χ1v) is 14.8. The highest BCUT2D eigenvalue weighted by molar-refractivity contribution is 5.89. The molecule has 1 aliphatic rings. The molecule has 44 heavy (non-hydrogen) atoms. The largest absolute Gasteiger partial charge is 0.455 e. The number of nitrogens with one attached hydrogen (secondary N) is 1. The second-order valence-corrected chi connectivity index (χ2v) is 11.4. The summed E-state index contributed by atoms with van der Waals surface area (Å²) in [4.78, 5) is 43.5. The third-order valence-electron chi connectivity index (χ3n) is 7.70. The number of aromatic nitrogens is 3. The normalized spacial score (nSPS) is 17.0. The van der Waals surface area contributed by atoms with Gasteiger partial charge in [-0.2, -0.15) is 0 Å². The van der Waals surface area contributed by atoms with Crippen molar-refractivity contribution in [1.82, 2.24) is 30.1 Å². The molecule has 3 heterocycles. The van der Waals surface area contributed by atoms with E-state index in [9.17, 15) is 9.59 Å². The van der Waals surface area contributed by atoms with Gasteiger partial charge in [0.2, 0.25) is 11.8 Å². The molecule has 2 amide bonds. The van der Waals surface area contributed by atoms with Gasteiger partial charge in [0.05, 0.1) is 5.69 Å². The fraction of sp³-hybridized carbons (Fsp3) is 0.324. The van der Waals surface area contributed by atoms with Crippen LogP contribution in [-0.4, -0.2) is 61.7 Å². The zero-order valence-corrected chi connectivity index (χ0v) is 25.4. The van der Waals surface area contributed by atoms with Crippen molar-refractivity contribution in [3.05, 3.63) is 102 Å². The van der Waals surface area contributed by atoms with Crippen molar-refractivity contribution >= 4 is 11.8 Å². The molecule has 4 aromatic rings. The third-order valence-corrected chi connectivity index (χ3v) is 7.70. The van der Waals surface area contributed by atoms with Crippen molar-refractivity contribution in [1.29, 1.82) is 0 Å². The third kappa shape index (κ3) is 7.08. The molecule has 2 aromatic heterocycles. The molecular formula is C34H37FN6O3. The lowest BCUT2D eigenvalue weighted by molar-refractivity contribution is -0.150. The molecule has 0 bridgehead atoms. The number of pyridine rings is 1. The highest BCUT2D eigenvalue weighted by Gasteiger charge is 2.40. The minimum Gasteiger partial charge on any atom is -0.455 e. The Morgan fingerprint density at radius 2 is 1.66 bits per heavy atom. The number of aryl methyl sites for hydroxylation is 1. The molecular weight excluding hydrogens is 559 g/mol. The van der Waals surface area contributed by atoms with E-state index in [4.69, 9.17) is 4.74 Å². The van der Waals surface area contributed by atoms with Gasteiger partial charge in [-0.1, -0.05) is 44.2 Å². The second kappa shape index (κ2) is 13.7. The smallest absolute Gasteiger partial charge is 0.244 e. The van der Waals surface area contributed by atoms with Gasteiger partial charge in [0.1, 0.15) is 23.4 Å². The predicted molar refractivity (Wildman–Crippen MR) is 165 cm³/mol. The topological polar surface area (TPSA) is 101 Å². The summed E-state index contributed by atoms with van der Waals surface area (Å²) < 4.78 is 21.3. The number of benzene rings is 2. The quantitative estimate of drug-likeness (QED) is 0.285. The van der Waals surface area contributed by atoms with Crippen LogP contribution < -0.4 is 10.1 Å². The summed E-state index contributed by atoms with van der Waals surface area (Å²) in [5.74, 6) is 0.528. The maximum atomic E-state index is 15.2. The molecule has 5 rings (SSSR count). The van der Waals surface area contributed by atoms with E-state index in [0.29, 0.717) is 41.7 Å². The van der Waals surface area contributed by atoms with Crippen molar-refractivity contribution in [2.24, 2.45) is 5.92 Å². The maximum absolute atomic E-state index is 15.2. The molecule has 2 atom stereocenters. The number of carbonyl (C=O) groups excluding carboxylic acids is 2. The van der Waals surface area contributed by atoms with Crippen LogP contribution in [0.1, 0.15) is 37.6 Å². The van der Waals surface area contributed by atoms with Crippen LogP contribution in [0, 0.1) is 18.7 Å². The van der Waals surface area contributed by atoms with E-state index >= 15 is 4.39 Å². The number of ether oxygens (including phenoxy) is 1. The molecule has 2 aromatic carbocycles. The Hall–Kier alpha value is -4.70. The zero-order valence-electron chi connectivity index (χ0n) is 25.4. The Kier molecular flexibility index (Phi) is 9.59. The first kappa shape index (κ1) is 30.7. The van der Waals surface area contributed by atoms with Gasteiger partial charge >= 0.3 is 0 Å². The highest BCUT2D eigenvalue weighted by Crippen LogP contribution is 2.31. The van der Waals surface area contributed by atoms with Crippen LogP contribution in [0.3, 0.4) is 0 Å². The average Bonchev–Trinajstić information content (AvgIpc) is 3.02. The van der Waals surface area contributed by atoms with Crippen molar-refractivity contribution < 1.29 is 18.7 Å². The van der Waals surface area contributed by atoms with E-state index in [0.717, 1.165) is 11.1 Å². The summed E-state index contributed by atoms with van der Waals surface area (Å²) in [5, 5.41) is 3.02. The Bertz CT molecular complexity index is 1600. The lowest BCUT2D eigenvalue weighted by Crippen LogP contribution is -2.64. The molecule has 10 heteroatoms. The van der Waals surface area contributed by atoms with Crippen LogP contribution in [0.5, 0.6) is 11.5 Å². The monoisotopic (exact) mass is 596 g/mol. The highest BCUT2D eigenvalue weighted by atomic mass is 19.1. The minimum atomic E-state index is -0.748. The standard InChI is InChI=1S/C34H37FN6O3/c1-22(2)34(43)41-23(3)19-40(20-27-28(35)8-5-9-31(27)44-30-10-6-15-36-24(30)4)21-29(41)33(42)39-18-25-11-13-26(14-12-25)32-37-16-7-17-38-32/h5-17,22-23,29H,18-21H2,1-4H3,(H,39,42)/t23-,29-/m1/s1. The lowest BCUT2D eigenvalue weighted by Gasteiger charge is -2.45. The first-order chi connectivity index (χ1) is 21.2. The molecule has 9 nitrogen and oxygen atoms in total. The molecule has 0 spiro atoms. The van der Waals surface area contributed by atoms with E-state index in [2.05, 4.69) is 20.3 Å². The van der Waals surface area contributed by atoms with E-state index in [-0.39, 0.29) is 36.9 Å². The Balaban J connectivity index is 1.33. The van der Waals surface area contributed by atoms with Gasteiger partial charge < -0.3 is 15.0 Å². The van der Waals surface area contributed by atoms with Gasteiger partial charge in [0, 0.05) is 67.9 Å². The van der Waals surface area contributed by atoms with Gasteiger partial charge in [0.15, 0.2) is 5.82 Å². The van der Waals surface area contributed by atoms with Gasteiger partial charge in [-0.05, 0) is 49.7 Å². The lowest BCUT2D eigenvalue weighted by atomic mass is 10.0. The van der Waals surface area contributed by atoms with Gasteiger partial charge in [-0.3, -0.25) is 19.5 Å². The van der Waals surface area contributed by atoms with Crippen LogP contribution in [-0.2, 0) is 22.7 Å². The molecule has 1 N–H and O–H groups in total. The van der Waals surface area contributed by atoms with Gasteiger partial charge in [-0.25, -0.2) is 14.4 Å². The SMILES string of the molecule is Cc1ncccc1Oc1cccc(F)c1CN1C[C@@H](C)N(C(=O)C(C)C)[C@@H](C(=O)NCc2ccc(-c3ncccn3)cc2)C1. The fourth-order valence-electron chi connectivity index (χ4n) is 5.42. The number of piperazine rings is 1. The summed E-state index contributed by atoms with van der Waals surface area (Å²) in [6.07, 6.45) is 5.06. The molecule has 228 valence electrons. The van der Waals surface area contributed by atoms with Gasteiger partial charge in [0.25, 0.3) is 0 Å². The molecule has 1 saturated heterocycles. The number of amides is 2. The van der Waals surface area contributed by atoms with E-state index < -0.39 is 11.9 Å². The summed E-state index contributed by atoms with van der Waals surface area (Å²) in [5.41, 5.74) is 2.85. The van der Waals surface area contributed by atoms with Gasteiger partial charge in [-0.15, -0.1) is 0 Å². The molecule has 0 radical (unpaired) electrons. The Labute approximate surface area is 257 Å². The molecule has 0 saturated carbocycles. The Morgan fingerprint density at radius 1 is 0.955 bits per heavy atom. The fourth-order valence-corrected chi connectivity index (χ4v) is 5.42. The van der Waals surface area contributed by atoms with E-state index in [1.807, 2.05) is 56.9 Å². The molecule has 1 aliphatic heterocycles. The van der Waals surface area contributed by atoms with Crippen molar-refractivity contribution in [2.75, 3.05) is 13.1 Å². The Morgan fingerprint density at radius 3 is 2.36 bits per heavy atom. The predicted octanol–water partition coefficient (Wildman–Crippen LogP) is 5.15. The molecule has 1 fully saturated rings. The van der Waals surface area contributed by atoms with Crippen LogP contribution in [0.15, 0.2) is 79.3 Å².